The van der Waals surface area contributed by atoms with Gasteiger partial charge in [-0.15, -0.1) is 0 Å². The molecule has 218 valence electrons. The number of rotatable bonds is 15. The molecule has 0 bridgehead atoms. The number of ether oxygens (including phenoxy) is 1. The minimum Gasteiger partial charge on any atom is -0.444 e. The third-order valence-electron chi connectivity index (χ3n) is 6.84. The van der Waals surface area contributed by atoms with Crippen molar-refractivity contribution >= 4 is 23.0 Å². The van der Waals surface area contributed by atoms with Gasteiger partial charge in [-0.05, 0) is 51.3 Å². The summed E-state index contributed by atoms with van der Waals surface area (Å²) in [6, 6.07) is 16.8. The average molecular weight is 551 g/mol. The second-order valence-corrected chi connectivity index (χ2v) is 11.3. The fourth-order valence-electron chi connectivity index (χ4n) is 4.70. The van der Waals surface area contributed by atoms with E-state index in [0.717, 1.165) is 41.7 Å². The topological polar surface area (TPSA) is 85.7 Å². The first-order chi connectivity index (χ1) is 19.2. The molecule has 0 saturated carbocycles. The number of amides is 2. The number of nitrogens with one attached hydrogen (secondary N) is 1. The van der Waals surface area contributed by atoms with E-state index in [1.807, 2.05) is 87.0 Å². The number of nitrogens with zero attached hydrogens (tertiary/aromatic N) is 3. The number of aromatic nitrogens is 2. The first-order valence-corrected chi connectivity index (χ1v) is 14.5. The van der Waals surface area contributed by atoms with Crippen molar-refractivity contribution in [3.63, 3.8) is 0 Å². The highest BCUT2D eigenvalue weighted by Crippen LogP contribution is 2.20. The van der Waals surface area contributed by atoms with Gasteiger partial charge in [0.05, 0.1) is 17.6 Å². The summed E-state index contributed by atoms with van der Waals surface area (Å²) in [6.45, 7) is 8.37. The van der Waals surface area contributed by atoms with Gasteiger partial charge in [-0.25, -0.2) is 15.3 Å². The van der Waals surface area contributed by atoms with Crippen LogP contribution in [0.5, 0.6) is 0 Å². The molecule has 40 heavy (non-hydrogen) atoms. The third-order valence-corrected chi connectivity index (χ3v) is 6.84. The number of carbonyl (C=O) groups excluding carboxylic acids is 2. The number of carbonyl (C=O) groups is 2. The monoisotopic (exact) mass is 550 g/mol. The van der Waals surface area contributed by atoms with E-state index in [1.54, 1.807) is 4.90 Å². The summed E-state index contributed by atoms with van der Waals surface area (Å²) in [5, 5.41) is 0. The molecule has 1 atom stereocenters. The van der Waals surface area contributed by atoms with E-state index in [4.69, 9.17) is 14.6 Å². The minimum absolute atomic E-state index is 0.230. The van der Waals surface area contributed by atoms with E-state index in [1.165, 1.54) is 19.3 Å². The normalized spacial score (nSPS) is 12.3. The van der Waals surface area contributed by atoms with Crippen molar-refractivity contribution in [2.75, 3.05) is 6.54 Å². The molecule has 0 spiro atoms. The van der Waals surface area contributed by atoms with Gasteiger partial charge in [0.2, 0.25) is 0 Å². The molecule has 0 saturated heterocycles. The number of hydroxylamine groups is 1. The van der Waals surface area contributed by atoms with Crippen LogP contribution in [0.25, 0.3) is 11.0 Å². The predicted octanol–water partition coefficient (Wildman–Crippen LogP) is 6.72. The zero-order valence-electron chi connectivity index (χ0n) is 24.8. The fraction of sp³-hybridized carbons (Fsp3) is 0.531. The standard InChI is InChI=1S/C32H46N4O4/c1-6-7-8-9-10-16-23-36(31(38)40-32(2,3)4)28(30(37)34-39-24-25-17-12-11-13-18-25)21-22-29-33-26-19-14-15-20-27(26)35(29)5/h11-15,17-20,28H,6-10,16,21-24H2,1-5H3,(H,34,37). The van der Waals surface area contributed by atoms with Crippen LogP contribution >= 0.6 is 0 Å². The number of unbranched alkanes of at least 4 members (excludes halogenated alkanes) is 5. The summed E-state index contributed by atoms with van der Waals surface area (Å²) in [6.07, 6.45) is 6.85. The van der Waals surface area contributed by atoms with E-state index >= 15 is 0 Å². The number of fused-ring (bicyclic) bond motifs is 1. The molecule has 2 amide bonds. The number of imidazole rings is 1. The van der Waals surface area contributed by atoms with Crippen LogP contribution in [-0.2, 0) is 34.4 Å². The number of hydrogen-bond acceptors (Lipinski definition) is 5. The van der Waals surface area contributed by atoms with E-state index in [9.17, 15) is 9.59 Å². The molecule has 0 aliphatic heterocycles. The number of benzene rings is 2. The SMILES string of the molecule is CCCCCCCCN(C(=O)OC(C)(C)C)C(CCc1nc2ccccc2n1C)C(=O)NOCc1ccccc1. The first kappa shape index (κ1) is 31.1. The Hall–Kier alpha value is -3.39. The lowest BCUT2D eigenvalue weighted by Gasteiger charge is -2.33. The summed E-state index contributed by atoms with van der Waals surface area (Å²) >= 11 is 0. The summed E-state index contributed by atoms with van der Waals surface area (Å²) in [5.74, 6) is 0.486. The molecule has 0 radical (unpaired) electrons. The van der Waals surface area contributed by atoms with E-state index in [2.05, 4.69) is 12.4 Å². The molecule has 1 unspecified atom stereocenters. The second kappa shape index (κ2) is 15.4. The Balaban J connectivity index is 1.78. The summed E-state index contributed by atoms with van der Waals surface area (Å²) in [5.41, 5.74) is 4.80. The van der Waals surface area contributed by atoms with Gasteiger partial charge in [0.25, 0.3) is 5.91 Å². The Labute approximate surface area is 239 Å². The van der Waals surface area contributed by atoms with Gasteiger partial charge in [-0.1, -0.05) is 81.5 Å². The van der Waals surface area contributed by atoms with Crippen molar-refractivity contribution in [3.05, 3.63) is 66.0 Å². The maximum Gasteiger partial charge on any atom is 0.410 e. The molecule has 0 aliphatic carbocycles. The van der Waals surface area contributed by atoms with E-state index < -0.39 is 17.7 Å². The molecule has 0 fully saturated rings. The largest absolute Gasteiger partial charge is 0.444 e. The van der Waals surface area contributed by atoms with Crippen LogP contribution < -0.4 is 5.48 Å². The molecule has 1 N–H and O–H groups in total. The maximum atomic E-state index is 13.6. The lowest BCUT2D eigenvalue weighted by atomic mass is 10.1. The van der Waals surface area contributed by atoms with Crippen molar-refractivity contribution in [3.8, 4) is 0 Å². The Bertz CT molecular complexity index is 1200. The molecule has 3 aromatic rings. The minimum atomic E-state index is -0.777. The van der Waals surface area contributed by atoms with Crippen molar-refractivity contribution in [2.24, 2.45) is 7.05 Å². The number of aryl methyl sites for hydroxylation is 2. The van der Waals surface area contributed by atoms with Gasteiger partial charge >= 0.3 is 6.09 Å². The van der Waals surface area contributed by atoms with Gasteiger partial charge in [-0.3, -0.25) is 14.5 Å². The number of para-hydroxylation sites is 2. The molecule has 8 heteroatoms. The highest BCUT2D eigenvalue weighted by molar-refractivity contribution is 5.85. The fourth-order valence-corrected chi connectivity index (χ4v) is 4.70. The summed E-state index contributed by atoms with van der Waals surface area (Å²) in [4.78, 5) is 39.0. The predicted molar refractivity (Wildman–Crippen MR) is 159 cm³/mol. The Morgan fingerprint density at radius 3 is 2.35 bits per heavy atom. The van der Waals surface area contributed by atoms with Gasteiger partial charge in [0.15, 0.2) is 0 Å². The Morgan fingerprint density at radius 1 is 0.975 bits per heavy atom. The molecule has 1 heterocycles. The van der Waals surface area contributed by atoms with Crippen molar-refractivity contribution in [2.45, 2.75) is 97.3 Å². The maximum absolute atomic E-state index is 13.6. The van der Waals surface area contributed by atoms with E-state index in [-0.39, 0.29) is 12.5 Å². The quantitative estimate of drug-likeness (QED) is 0.168. The van der Waals surface area contributed by atoms with Crippen molar-refractivity contribution < 1.29 is 19.2 Å². The van der Waals surface area contributed by atoms with Crippen molar-refractivity contribution in [1.82, 2.24) is 19.9 Å². The third kappa shape index (κ3) is 9.66. The van der Waals surface area contributed by atoms with Crippen LogP contribution in [0.3, 0.4) is 0 Å². The zero-order chi connectivity index (χ0) is 29.0. The smallest absolute Gasteiger partial charge is 0.410 e. The van der Waals surface area contributed by atoms with Crippen LogP contribution in [0.4, 0.5) is 4.79 Å². The van der Waals surface area contributed by atoms with Crippen LogP contribution in [0.2, 0.25) is 0 Å². The molecule has 2 aromatic carbocycles. The first-order valence-electron chi connectivity index (χ1n) is 14.5. The van der Waals surface area contributed by atoms with Gasteiger partial charge in [-0.2, -0.15) is 0 Å². The van der Waals surface area contributed by atoms with Crippen LogP contribution in [0, 0.1) is 0 Å². The molecule has 1 aromatic heterocycles. The molecule has 0 aliphatic rings. The van der Waals surface area contributed by atoms with Gasteiger partial charge in [0.1, 0.15) is 17.5 Å². The Kier molecular flexibility index (Phi) is 12.0. The van der Waals surface area contributed by atoms with Crippen molar-refractivity contribution in [1.29, 1.82) is 0 Å². The summed E-state index contributed by atoms with van der Waals surface area (Å²) in [7, 11) is 1.98. The van der Waals surface area contributed by atoms with Crippen LogP contribution in [0.1, 0.15) is 84.0 Å². The molecule has 8 nitrogen and oxygen atoms in total. The number of hydrogen-bond donors (Lipinski definition) is 1. The average Bonchev–Trinajstić information content (AvgIpc) is 3.24. The highest BCUT2D eigenvalue weighted by atomic mass is 16.7. The lowest BCUT2D eigenvalue weighted by molar-refractivity contribution is -0.140. The molecule has 3 rings (SSSR count). The Morgan fingerprint density at radius 2 is 1.65 bits per heavy atom. The highest BCUT2D eigenvalue weighted by Gasteiger charge is 2.33. The van der Waals surface area contributed by atoms with E-state index in [0.29, 0.717) is 19.4 Å². The lowest BCUT2D eigenvalue weighted by Crippen LogP contribution is -2.51. The summed E-state index contributed by atoms with van der Waals surface area (Å²) < 4.78 is 7.81. The van der Waals surface area contributed by atoms with Gasteiger partial charge in [0, 0.05) is 20.0 Å². The van der Waals surface area contributed by atoms with Crippen LogP contribution in [-0.4, -0.2) is 44.6 Å². The zero-order valence-corrected chi connectivity index (χ0v) is 24.8. The molecular weight excluding hydrogens is 504 g/mol. The molecular formula is C32H46N4O4. The second-order valence-electron chi connectivity index (χ2n) is 11.3. The van der Waals surface area contributed by atoms with Gasteiger partial charge < -0.3 is 9.30 Å². The van der Waals surface area contributed by atoms with Crippen LogP contribution in [0.15, 0.2) is 54.6 Å².